The Labute approximate surface area is 261 Å². The van der Waals surface area contributed by atoms with Gasteiger partial charge in [0.15, 0.2) is 10.1 Å². The minimum atomic E-state index is -0.612. The third-order valence-electron chi connectivity index (χ3n) is 6.93. The van der Waals surface area contributed by atoms with E-state index >= 15 is 0 Å². The topological polar surface area (TPSA) is 134 Å². The number of methoxy groups -OCH3 is 1. The van der Waals surface area contributed by atoms with E-state index in [-0.39, 0.29) is 34.3 Å². The van der Waals surface area contributed by atoms with Gasteiger partial charge in [-0.15, -0.1) is 10.2 Å². The molecule has 0 saturated carbocycles. The highest BCUT2D eigenvalue weighted by atomic mass is 35.5. The molecule has 3 N–H and O–H groups in total. The first-order valence-electron chi connectivity index (χ1n) is 12.8. The molecule has 1 unspecified atom stereocenters. The molecule has 0 fully saturated rings. The molecular formula is C29H26Cl2N6O3S2. The monoisotopic (exact) mass is 640 g/mol. The predicted molar refractivity (Wildman–Crippen MR) is 166 cm³/mol. The second-order valence-electron chi connectivity index (χ2n) is 10.6. The number of halogens is 2. The molecule has 2 aromatic carbocycles. The molecule has 3 aromatic rings. The van der Waals surface area contributed by atoms with E-state index in [0.717, 1.165) is 5.56 Å². The number of hydrogen-bond acceptors (Lipinski definition) is 10. The summed E-state index contributed by atoms with van der Waals surface area (Å²) in [4.78, 5) is 27.9. The number of amides is 1. The lowest BCUT2D eigenvalue weighted by molar-refractivity contribution is -0.118. The van der Waals surface area contributed by atoms with Crippen LogP contribution in [0.3, 0.4) is 0 Å². The quantitative estimate of drug-likeness (QED) is 0.276. The van der Waals surface area contributed by atoms with E-state index in [9.17, 15) is 14.9 Å². The highest BCUT2D eigenvalue weighted by Gasteiger charge is 2.45. The lowest BCUT2D eigenvalue weighted by Gasteiger charge is -2.42. The number of nitrogens with zero attached hydrogens (tertiary/aromatic N) is 4. The fraction of sp³-hybridized carbons (Fsp3) is 0.276. The maximum Gasteiger partial charge on any atom is 0.234 e. The van der Waals surface area contributed by atoms with Crippen molar-refractivity contribution < 1.29 is 14.3 Å². The Bertz CT molecular complexity index is 1680. The van der Waals surface area contributed by atoms with Crippen molar-refractivity contribution in [3.63, 3.8) is 0 Å². The van der Waals surface area contributed by atoms with Crippen LogP contribution in [0.5, 0.6) is 5.75 Å². The van der Waals surface area contributed by atoms with E-state index in [2.05, 4.69) is 21.6 Å². The van der Waals surface area contributed by atoms with Gasteiger partial charge >= 0.3 is 0 Å². The second kappa shape index (κ2) is 12.0. The lowest BCUT2D eigenvalue weighted by atomic mass is 9.69. The number of carbonyl (C=O) groups is 2. The minimum absolute atomic E-state index is 0.0409. The summed E-state index contributed by atoms with van der Waals surface area (Å²) in [6, 6.07) is 14.3. The summed E-state index contributed by atoms with van der Waals surface area (Å²) in [5, 5.41) is 23.0. The van der Waals surface area contributed by atoms with Crippen LogP contribution < -0.4 is 20.7 Å². The largest absolute Gasteiger partial charge is 0.495 e. The fourth-order valence-corrected chi connectivity index (χ4v) is 7.20. The number of aromatic nitrogens is 2. The van der Waals surface area contributed by atoms with Crippen LogP contribution in [0.2, 0.25) is 10.0 Å². The van der Waals surface area contributed by atoms with Crippen LogP contribution in [-0.4, -0.2) is 34.8 Å². The van der Waals surface area contributed by atoms with E-state index in [1.165, 1.54) is 30.2 Å². The van der Waals surface area contributed by atoms with Crippen LogP contribution in [0.25, 0.3) is 0 Å². The SMILES string of the molecule is COc1ccc(NC(=O)CSc2nnc(N3C(N)=C(C#N)C(c4ccc(Cl)cc4)C4=C3CC(C)(C)CC4=O)s2)cc1Cl. The van der Waals surface area contributed by atoms with Crippen LogP contribution in [0, 0.1) is 16.7 Å². The molecule has 1 aromatic heterocycles. The van der Waals surface area contributed by atoms with Gasteiger partial charge in [-0.2, -0.15) is 5.26 Å². The molecule has 216 valence electrons. The summed E-state index contributed by atoms with van der Waals surface area (Å²) in [5.74, 6) is -0.122. The highest BCUT2D eigenvalue weighted by molar-refractivity contribution is 8.01. The number of nitrogens with two attached hydrogens (primary N) is 1. The first kappa shape index (κ1) is 29.9. The Hall–Kier alpha value is -3.56. The number of ether oxygens (including phenoxy) is 1. The van der Waals surface area contributed by atoms with Crippen molar-refractivity contribution in [2.24, 2.45) is 11.1 Å². The maximum absolute atomic E-state index is 13.6. The molecule has 2 heterocycles. The van der Waals surface area contributed by atoms with Gasteiger partial charge in [-0.05, 0) is 47.7 Å². The Kier molecular flexibility index (Phi) is 8.53. The van der Waals surface area contributed by atoms with Crippen LogP contribution in [0.15, 0.2) is 69.5 Å². The molecule has 1 aliphatic carbocycles. The standard InChI is InChI=1S/C29H26Cl2N6O3S2/c1-29(2)11-20-25(21(38)12-29)24(15-4-6-16(30)7-5-15)18(13-32)26(33)37(20)27-35-36-28(42-27)41-14-23(39)34-17-8-9-22(40-3)19(31)10-17/h4-10,24H,11-12,14,33H2,1-3H3,(H,34,39). The van der Waals surface area contributed by atoms with E-state index in [1.807, 2.05) is 26.0 Å². The van der Waals surface area contributed by atoms with Crippen LogP contribution in [0.4, 0.5) is 10.8 Å². The first-order chi connectivity index (χ1) is 20.0. The van der Waals surface area contributed by atoms with Crippen molar-refractivity contribution in [1.82, 2.24) is 10.2 Å². The molecule has 13 heteroatoms. The van der Waals surface area contributed by atoms with Crippen LogP contribution in [0.1, 0.15) is 38.2 Å². The number of carbonyl (C=O) groups excluding carboxylic acids is 2. The normalized spacial score (nSPS) is 18.0. The van der Waals surface area contributed by atoms with Crippen molar-refractivity contribution >= 4 is 68.8 Å². The number of nitrogens with one attached hydrogen (secondary N) is 1. The Morgan fingerprint density at radius 2 is 1.98 bits per heavy atom. The Morgan fingerprint density at radius 3 is 2.64 bits per heavy atom. The summed E-state index contributed by atoms with van der Waals surface area (Å²) in [6.07, 6.45) is 0.889. The van der Waals surface area contributed by atoms with Crippen LogP contribution >= 0.6 is 46.3 Å². The number of nitriles is 1. The number of ketones is 1. The van der Waals surface area contributed by atoms with Gasteiger partial charge in [0.1, 0.15) is 11.6 Å². The van der Waals surface area contributed by atoms with Gasteiger partial charge in [-0.1, -0.05) is 72.3 Å². The molecule has 0 saturated heterocycles. The summed E-state index contributed by atoms with van der Waals surface area (Å²) in [5.41, 5.74) is 9.14. The van der Waals surface area contributed by atoms with Crippen molar-refractivity contribution in [2.75, 3.05) is 23.1 Å². The number of Topliss-reactive ketones (excluding diaryl/α,β-unsaturated/α-hetero) is 1. The number of benzene rings is 2. The van der Waals surface area contributed by atoms with Crippen molar-refractivity contribution in [2.45, 2.75) is 36.9 Å². The molecule has 5 rings (SSSR count). The van der Waals surface area contributed by atoms with Gasteiger partial charge < -0.3 is 15.8 Å². The van der Waals surface area contributed by atoms with Crippen LogP contribution in [-0.2, 0) is 9.59 Å². The zero-order valence-corrected chi connectivity index (χ0v) is 26.0. The first-order valence-corrected chi connectivity index (χ1v) is 15.4. The molecule has 9 nitrogen and oxygen atoms in total. The van der Waals surface area contributed by atoms with Gasteiger partial charge in [0.25, 0.3) is 0 Å². The van der Waals surface area contributed by atoms with Crippen molar-refractivity contribution in [3.8, 4) is 11.8 Å². The van der Waals surface area contributed by atoms with E-state index in [0.29, 0.717) is 55.1 Å². The third kappa shape index (κ3) is 5.99. The smallest absolute Gasteiger partial charge is 0.234 e. The van der Waals surface area contributed by atoms with Crippen molar-refractivity contribution in [1.29, 1.82) is 5.26 Å². The Morgan fingerprint density at radius 1 is 1.24 bits per heavy atom. The zero-order chi connectivity index (χ0) is 30.2. The molecular weight excluding hydrogens is 615 g/mol. The zero-order valence-electron chi connectivity index (χ0n) is 22.9. The number of rotatable bonds is 7. The Balaban J connectivity index is 1.43. The molecule has 2 aliphatic rings. The van der Waals surface area contributed by atoms with E-state index < -0.39 is 5.92 Å². The molecule has 1 aliphatic heterocycles. The molecule has 1 atom stereocenters. The number of allylic oxidation sites excluding steroid dienone is 3. The van der Waals surface area contributed by atoms with Gasteiger partial charge in [0, 0.05) is 28.4 Å². The van der Waals surface area contributed by atoms with E-state index in [1.54, 1.807) is 35.2 Å². The molecule has 0 bridgehead atoms. The average Bonchev–Trinajstić information content (AvgIpc) is 3.40. The van der Waals surface area contributed by atoms with Gasteiger partial charge in [-0.3, -0.25) is 14.5 Å². The number of hydrogen-bond donors (Lipinski definition) is 2. The molecule has 0 radical (unpaired) electrons. The third-order valence-corrected chi connectivity index (χ3v) is 9.52. The number of thioether (sulfide) groups is 1. The second-order valence-corrected chi connectivity index (χ2v) is 13.6. The highest BCUT2D eigenvalue weighted by Crippen LogP contribution is 2.50. The predicted octanol–water partition coefficient (Wildman–Crippen LogP) is 6.53. The summed E-state index contributed by atoms with van der Waals surface area (Å²) in [7, 11) is 1.52. The summed E-state index contributed by atoms with van der Waals surface area (Å²) in [6.45, 7) is 4.06. The summed E-state index contributed by atoms with van der Waals surface area (Å²) >= 11 is 14.7. The minimum Gasteiger partial charge on any atom is -0.495 e. The molecule has 42 heavy (non-hydrogen) atoms. The number of anilines is 2. The van der Waals surface area contributed by atoms with Gasteiger partial charge in [0.05, 0.1) is 35.4 Å². The summed E-state index contributed by atoms with van der Waals surface area (Å²) < 4.78 is 5.67. The fourth-order valence-electron chi connectivity index (χ4n) is 5.14. The average molecular weight is 642 g/mol. The van der Waals surface area contributed by atoms with Gasteiger partial charge in [-0.25, -0.2) is 0 Å². The van der Waals surface area contributed by atoms with Crippen molar-refractivity contribution in [3.05, 3.63) is 80.7 Å². The lowest BCUT2D eigenvalue weighted by Crippen LogP contribution is -2.42. The molecule has 1 amide bonds. The maximum atomic E-state index is 13.6. The van der Waals surface area contributed by atoms with E-state index in [4.69, 9.17) is 33.7 Å². The molecule has 0 spiro atoms. The van der Waals surface area contributed by atoms with Gasteiger partial charge in [0.2, 0.25) is 11.0 Å².